The predicted molar refractivity (Wildman–Crippen MR) is 71.5 cm³/mol. The molecule has 4 heteroatoms. The Labute approximate surface area is 113 Å². The number of amides is 1. The topological polar surface area (TPSA) is 52.9 Å². The Hall–Kier alpha value is -1.89. The van der Waals surface area contributed by atoms with E-state index in [1.807, 2.05) is 26.8 Å². The average Bonchev–Trinajstić information content (AvgIpc) is 2.27. The van der Waals surface area contributed by atoms with Crippen LogP contribution in [0.4, 0.5) is 4.39 Å². The van der Waals surface area contributed by atoms with Gasteiger partial charge in [0, 0.05) is 0 Å². The molecule has 1 aromatic carbocycles. The van der Waals surface area contributed by atoms with Crippen molar-refractivity contribution in [2.75, 3.05) is 0 Å². The lowest BCUT2D eigenvalue weighted by Crippen LogP contribution is -2.38. The lowest BCUT2D eigenvalue weighted by molar-refractivity contribution is -0.126. The van der Waals surface area contributed by atoms with Crippen molar-refractivity contribution in [3.05, 3.63) is 35.6 Å². The zero-order valence-electron chi connectivity index (χ0n) is 11.7. The number of nitriles is 1. The number of rotatable bonds is 3. The molecule has 0 fully saturated rings. The first-order valence-corrected chi connectivity index (χ1v) is 6.21. The fourth-order valence-electron chi connectivity index (χ4n) is 1.80. The molecule has 0 heterocycles. The lowest BCUT2D eigenvalue weighted by atomic mass is 9.81. The SMILES string of the molecule is CC(NC(=O)C(C#N)C(C)(C)C)c1cccc(F)c1. The van der Waals surface area contributed by atoms with Gasteiger partial charge in [-0.15, -0.1) is 0 Å². The van der Waals surface area contributed by atoms with E-state index in [1.165, 1.54) is 12.1 Å². The molecule has 102 valence electrons. The van der Waals surface area contributed by atoms with Crippen LogP contribution < -0.4 is 5.32 Å². The summed E-state index contributed by atoms with van der Waals surface area (Å²) in [6.45, 7) is 7.29. The highest BCUT2D eigenvalue weighted by molar-refractivity contribution is 5.82. The third-order valence-corrected chi connectivity index (χ3v) is 2.96. The van der Waals surface area contributed by atoms with Crippen LogP contribution in [0.25, 0.3) is 0 Å². The third-order valence-electron chi connectivity index (χ3n) is 2.96. The molecule has 0 aliphatic carbocycles. The lowest BCUT2D eigenvalue weighted by Gasteiger charge is -2.25. The second kappa shape index (κ2) is 5.83. The van der Waals surface area contributed by atoms with Crippen molar-refractivity contribution in [2.45, 2.75) is 33.7 Å². The Morgan fingerprint density at radius 3 is 2.53 bits per heavy atom. The van der Waals surface area contributed by atoms with Crippen LogP contribution in [-0.4, -0.2) is 5.91 Å². The molecule has 0 bridgehead atoms. The van der Waals surface area contributed by atoms with Gasteiger partial charge in [-0.25, -0.2) is 4.39 Å². The van der Waals surface area contributed by atoms with Gasteiger partial charge in [0.1, 0.15) is 11.7 Å². The summed E-state index contributed by atoms with van der Waals surface area (Å²) in [7, 11) is 0. The molecule has 0 aromatic heterocycles. The number of halogens is 1. The summed E-state index contributed by atoms with van der Waals surface area (Å²) < 4.78 is 13.1. The fourth-order valence-corrected chi connectivity index (χ4v) is 1.80. The summed E-state index contributed by atoms with van der Waals surface area (Å²) in [6, 6.07) is 7.76. The van der Waals surface area contributed by atoms with Gasteiger partial charge in [0.25, 0.3) is 0 Å². The molecule has 1 N–H and O–H groups in total. The van der Waals surface area contributed by atoms with Crippen LogP contribution in [0.2, 0.25) is 0 Å². The van der Waals surface area contributed by atoms with Crippen LogP contribution in [-0.2, 0) is 4.79 Å². The summed E-state index contributed by atoms with van der Waals surface area (Å²) >= 11 is 0. The minimum absolute atomic E-state index is 0.327. The van der Waals surface area contributed by atoms with Crippen molar-refractivity contribution in [1.82, 2.24) is 5.32 Å². The molecule has 2 unspecified atom stereocenters. The second-order valence-electron chi connectivity index (χ2n) is 5.71. The molecule has 1 amide bonds. The molecule has 0 saturated carbocycles. The minimum Gasteiger partial charge on any atom is -0.348 e. The molecular formula is C15H19FN2O. The Morgan fingerprint density at radius 1 is 1.42 bits per heavy atom. The summed E-state index contributed by atoms with van der Waals surface area (Å²) in [6.07, 6.45) is 0. The Balaban J connectivity index is 2.80. The summed E-state index contributed by atoms with van der Waals surface area (Å²) in [5.74, 6) is -1.40. The van der Waals surface area contributed by atoms with Gasteiger partial charge in [-0.1, -0.05) is 32.9 Å². The maximum absolute atomic E-state index is 13.1. The van der Waals surface area contributed by atoms with Gasteiger partial charge in [-0.2, -0.15) is 5.26 Å². The van der Waals surface area contributed by atoms with Gasteiger partial charge >= 0.3 is 0 Å². The quantitative estimate of drug-likeness (QED) is 0.909. The molecule has 3 nitrogen and oxygen atoms in total. The molecule has 0 radical (unpaired) electrons. The Bertz CT molecular complexity index is 500. The molecule has 0 aliphatic heterocycles. The Kier molecular flexibility index (Phi) is 4.66. The van der Waals surface area contributed by atoms with Crippen molar-refractivity contribution in [2.24, 2.45) is 11.3 Å². The highest BCUT2D eigenvalue weighted by Gasteiger charge is 2.31. The highest BCUT2D eigenvalue weighted by atomic mass is 19.1. The van der Waals surface area contributed by atoms with E-state index < -0.39 is 11.3 Å². The van der Waals surface area contributed by atoms with E-state index in [1.54, 1.807) is 19.1 Å². The van der Waals surface area contributed by atoms with E-state index in [0.29, 0.717) is 5.56 Å². The molecule has 1 rings (SSSR count). The Morgan fingerprint density at radius 2 is 2.05 bits per heavy atom. The second-order valence-corrected chi connectivity index (χ2v) is 5.71. The van der Waals surface area contributed by atoms with E-state index in [-0.39, 0.29) is 17.8 Å². The zero-order valence-corrected chi connectivity index (χ0v) is 11.7. The van der Waals surface area contributed by atoms with E-state index in [2.05, 4.69) is 5.32 Å². The van der Waals surface area contributed by atoms with Crippen molar-refractivity contribution in [1.29, 1.82) is 5.26 Å². The first kappa shape index (κ1) is 15.2. The summed E-state index contributed by atoms with van der Waals surface area (Å²) in [5, 5.41) is 11.8. The maximum atomic E-state index is 13.1. The van der Waals surface area contributed by atoms with E-state index in [4.69, 9.17) is 5.26 Å². The molecule has 0 aliphatic rings. The largest absolute Gasteiger partial charge is 0.348 e. The summed E-state index contributed by atoms with van der Waals surface area (Å²) in [5.41, 5.74) is 0.250. The number of nitrogens with zero attached hydrogens (tertiary/aromatic N) is 1. The highest BCUT2D eigenvalue weighted by Crippen LogP contribution is 2.26. The van der Waals surface area contributed by atoms with Gasteiger partial charge in [-0.05, 0) is 30.0 Å². The van der Waals surface area contributed by atoms with Crippen LogP contribution in [0.5, 0.6) is 0 Å². The zero-order chi connectivity index (χ0) is 14.6. The molecule has 0 saturated heterocycles. The van der Waals surface area contributed by atoms with Gasteiger partial charge in [-0.3, -0.25) is 4.79 Å². The standard InChI is InChI=1S/C15H19FN2O/c1-10(11-6-5-7-12(16)8-11)18-14(19)13(9-17)15(2,3)4/h5-8,10,13H,1-4H3,(H,18,19). The third kappa shape index (κ3) is 4.06. The van der Waals surface area contributed by atoms with E-state index in [0.717, 1.165) is 0 Å². The van der Waals surface area contributed by atoms with Gasteiger partial charge in [0.15, 0.2) is 0 Å². The predicted octanol–water partition coefficient (Wildman–Crippen LogP) is 3.19. The van der Waals surface area contributed by atoms with Crippen molar-refractivity contribution < 1.29 is 9.18 Å². The molecule has 0 spiro atoms. The smallest absolute Gasteiger partial charge is 0.238 e. The number of carbonyl (C=O) groups excluding carboxylic acids is 1. The van der Waals surface area contributed by atoms with Crippen LogP contribution in [0.1, 0.15) is 39.3 Å². The van der Waals surface area contributed by atoms with Crippen LogP contribution >= 0.6 is 0 Å². The van der Waals surface area contributed by atoms with Crippen molar-refractivity contribution >= 4 is 5.91 Å². The van der Waals surface area contributed by atoms with Crippen LogP contribution in [0.3, 0.4) is 0 Å². The average molecular weight is 262 g/mol. The number of carbonyl (C=O) groups is 1. The number of hydrogen-bond donors (Lipinski definition) is 1. The van der Waals surface area contributed by atoms with Gasteiger partial charge in [0.05, 0.1) is 12.1 Å². The number of hydrogen-bond acceptors (Lipinski definition) is 2. The van der Waals surface area contributed by atoms with Gasteiger partial charge < -0.3 is 5.32 Å². The monoisotopic (exact) mass is 262 g/mol. The first-order valence-electron chi connectivity index (χ1n) is 6.21. The van der Waals surface area contributed by atoms with Gasteiger partial charge in [0.2, 0.25) is 5.91 Å². The minimum atomic E-state index is -0.733. The van der Waals surface area contributed by atoms with Crippen molar-refractivity contribution in [3.8, 4) is 6.07 Å². The molecule has 19 heavy (non-hydrogen) atoms. The molecular weight excluding hydrogens is 243 g/mol. The van der Waals surface area contributed by atoms with E-state index >= 15 is 0 Å². The van der Waals surface area contributed by atoms with Crippen LogP contribution in [0.15, 0.2) is 24.3 Å². The van der Waals surface area contributed by atoms with E-state index in [9.17, 15) is 9.18 Å². The van der Waals surface area contributed by atoms with Crippen molar-refractivity contribution in [3.63, 3.8) is 0 Å². The molecule has 2 atom stereocenters. The fraction of sp³-hybridized carbons (Fsp3) is 0.467. The summed E-state index contributed by atoms with van der Waals surface area (Å²) in [4.78, 5) is 12.1. The van der Waals surface area contributed by atoms with Crippen LogP contribution in [0, 0.1) is 28.5 Å². The number of benzene rings is 1. The maximum Gasteiger partial charge on any atom is 0.238 e. The number of nitrogens with one attached hydrogen (secondary N) is 1. The first-order chi connectivity index (χ1) is 8.75. The normalized spacial score (nSPS) is 14.3. The molecule has 1 aromatic rings.